The van der Waals surface area contributed by atoms with Gasteiger partial charge in [-0.05, 0) is 38.5 Å². The van der Waals surface area contributed by atoms with Gasteiger partial charge in [0.15, 0.2) is 0 Å². The van der Waals surface area contributed by atoms with Crippen molar-refractivity contribution in [3.8, 4) is 0 Å². The first-order valence-corrected chi connectivity index (χ1v) is 4.73. The molecule has 0 saturated heterocycles. The summed E-state index contributed by atoms with van der Waals surface area (Å²) in [6.45, 7) is 2.22. The third kappa shape index (κ3) is 1.40. The summed E-state index contributed by atoms with van der Waals surface area (Å²) in [6, 6.07) is 0. The second-order valence-corrected chi connectivity index (χ2v) is 3.85. The van der Waals surface area contributed by atoms with Crippen LogP contribution in [0.3, 0.4) is 0 Å². The Kier molecular flexibility index (Phi) is 1.85. The van der Waals surface area contributed by atoms with E-state index in [2.05, 4.69) is 19.1 Å². The van der Waals surface area contributed by atoms with Crippen LogP contribution in [0.4, 0.5) is 0 Å². The first kappa shape index (κ1) is 7.15. The van der Waals surface area contributed by atoms with E-state index >= 15 is 0 Å². The zero-order chi connectivity index (χ0) is 7.68. The van der Waals surface area contributed by atoms with Crippen molar-refractivity contribution in [1.82, 2.24) is 0 Å². The molecule has 0 radical (unpaired) electrons. The Morgan fingerprint density at radius 2 is 2.27 bits per heavy atom. The van der Waals surface area contributed by atoms with Gasteiger partial charge >= 0.3 is 0 Å². The maximum absolute atomic E-state index is 2.41. The molecule has 1 atom stereocenters. The molecule has 2 aliphatic carbocycles. The van der Waals surface area contributed by atoms with E-state index in [0.717, 1.165) is 5.92 Å². The Morgan fingerprint density at radius 1 is 1.36 bits per heavy atom. The van der Waals surface area contributed by atoms with Crippen LogP contribution in [-0.4, -0.2) is 0 Å². The predicted octanol–water partition coefficient (Wildman–Crippen LogP) is 3.45. The van der Waals surface area contributed by atoms with Crippen molar-refractivity contribution in [2.24, 2.45) is 5.92 Å². The van der Waals surface area contributed by atoms with Gasteiger partial charge in [0, 0.05) is 0 Å². The largest absolute Gasteiger partial charge is 0.0810 e. The summed E-state index contributed by atoms with van der Waals surface area (Å²) >= 11 is 0. The summed E-state index contributed by atoms with van der Waals surface area (Å²) < 4.78 is 0. The van der Waals surface area contributed by atoms with E-state index in [-0.39, 0.29) is 0 Å². The second kappa shape index (κ2) is 2.84. The van der Waals surface area contributed by atoms with Crippen molar-refractivity contribution >= 4 is 0 Å². The van der Waals surface area contributed by atoms with E-state index in [9.17, 15) is 0 Å². The highest BCUT2D eigenvalue weighted by Gasteiger charge is 2.19. The normalized spacial score (nSPS) is 30.5. The fraction of sp³-hybridized carbons (Fsp3) is 0.636. The highest BCUT2D eigenvalue weighted by molar-refractivity contribution is 5.28. The molecule has 0 amide bonds. The molecule has 0 N–H and O–H groups in total. The van der Waals surface area contributed by atoms with Gasteiger partial charge in [-0.25, -0.2) is 0 Å². The minimum Gasteiger partial charge on any atom is -0.0810 e. The molecule has 1 saturated carbocycles. The number of hydrogen-bond donors (Lipinski definition) is 0. The van der Waals surface area contributed by atoms with Crippen LogP contribution in [0.1, 0.15) is 39.0 Å². The van der Waals surface area contributed by atoms with Crippen LogP contribution in [0.5, 0.6) is 0 Å². The molecular weight excluding hydrogens is 132 g/mol. The lowest BCUT2D eigenvalue weighted by Crippen LogP contribution is -2.11. The van der Waals surface area contributed by atoms with Crippen LogP contribution in [-0.2, 0) is 0 Å². The van der Waals surface area contributed by atoms with E-state index in [1.54, 1.807) is 5.57 Å². The van der Waals surface area contributed by atoms with Crippen LogP contribution in [0.2, 0.25) is 0 Å². The number of hydrogen-bond acceptors (Lipinski definition) is 0. The fourth-order valence-electron chi connectivity index (χ4n) is 2.25. The Hall–Kier alpha value is -0.520. The minimum atomic E-state index is 0.924. The zero-order valence-electron chi connectivity index (χ0n) is 7.27. The van der Waals surface area contributed by atoms with Crippen LogP contribution in [0.15, 0.2) is 23.3 Å². The molecule has 2 aliphatic rings. The van der Waals surface area contributed by atoms with E-state index in [1.165, 1.54) is 37.7 Å². The second-order valence-electron chi connectivity index (χ2n) is 3.85. The third-order valence-corrected chi connectivity index (χ3v) is 2.93. The minimum absolute atomic E-state index is 0.924. The maximum Gasteiger partial charge on any atom is -0.0165 e. The van der Waals surface area contributed by atoms with Crippen molar-refractivity contribution < 1.29 is 0 Å². The molecule has 0 aliphatic heterocycles. The van der Waals surface area contributed by atoms with Crippen molar-refractivity contribution in [2.45, 2.75) is 39.0 Å². The average Bonchev–Trinajstić information content (AvgIpc) is 2.04. The first-order valence-electron chi connectivity index (χ1n) is 4.73. The Balaban J connectivity index is 2.17. The molecule has 0 heterocycles. The molecule has 0 heteroatoms. The summed E-state index contributed by atoms with van der Waals surface area (Å²) in [7, 11) is 0. The highest BCUT2D eigenvalue weighted by Crippen LogP contribution is 2.35. The Bertz CT molecular complexity index is 208. The molecule has 2 rings (SSSR count). The predicted molar refractivity (Wildman–Crippen MR) is 48.4 cm³/mol. The molecule has 60 valence electrons. The lowest BCUT2D eigenvalue weighted by Gasteiger charge is -2.27. The zero-order valence-corrected chi connectivity index (χ0v) is 7.27. The molecule has 1 unspecified atom stereocenters. The third-order valence-electron chi connectivity index (χ3n) is 2.93. The summed E-state index contributed by atoms with van der Waals surface area (Å²) in [5.41, 5.74) is 3.22. The van der Waals surface area contributed by atoms with Gasteiger partial charge in [-0.2, -0.15) is 0 Å². The van der Waals surface area contributed by atoms with Crippen molar-refractivity contribution in [3.05, 3.63) is 23.3 Å². The lowest BCUT2D eigenvalue weighted by molar-refractivity contribution is 0.451. The molecule has 0 aromatic rings. The van der Waals surface area contributed by atoms with Gasteiger partial charge in [0.2, 0.25) is 0 Å². The van der Waals surface area contributed by atoms with Gasteiger partial charge in [0.1, 0.15) is 0 Å². The van der Waals surface area contributed by atoms with Crippen LogP contribution >= 0.6 is 0 Å². The van der Waals surface area contributed by atoms with Crippen LogP contribution < -0.4 is 0 Å². The molecule has 0 aromatic carbocycles. The first-order chi connectivity index (χ1) is 5.36. The maximum atomic E-state index is 2.41. The van der Waals surface area contributed by atoms with Gasteiger partial charge in [0.25, 0.3) is 0 Å². The average molecular weight is 148 g/mol. The van der Waals surface area contributed by atoms with E-state index in [4.69, 9.17) is 0 Å². The summed E-state index contributed by atoms with van der Waals surface area (Å²) in [5, 5.41) is 0. The van der Waals surface area contributed by atoms with Crippen molar-refractivity contribution in [1.29, 1.82) is 0 Å². The Labute approximate surface area is 69.0 Å². The molecule has 0 spiro atoms. The van der Waals surface area contributed by atoms with E-state index in [0.29, 0.717) is 0 Å². The van der Waals surface area contributed by atoms with E-state index < -0.39 is 0 Å². The fourth-order valence-corrected chi connectivity index (χ4v) is 2.25. The number of allylic oxidation sites excluding steroid dienone is 4. The van der Waals surface area contributed by atoms with Crippen molar-refractivity contribution in [2.75, 3.05) is 0 Å². The molecular formula is C11H16. The molecule has 0 nitrogen and oxygen atoms in total. The number of fused-ring (bicyclic) bond motifs is 1. The quantitative estimate of drug-likeness (QED) is 0.493. The molecule has 0 bridgehead atoms. The highest BCUT2D eigenvalue weighted by atomic mass is 14.2. The monoisotopic (exact) mass is 148 g/mol. The van der Waals surface area contributed by atoms with Gasteiger partial charge in [0.05, 0.1) is 0 Å². The smallest absolute Gasteiger partial charge is 0.0165 e. The SMILES string of the molecule is CC1=CCC2CCCCC2=C1. The van der Waals surface area contributed by atoms with Gasteiger partial charge in [-0.3, -0.25) is 0 Å². The topological polar surface area (TPSA) is 0 Å². The number of rotatable bonds is 0. The summed E-state index contributed by atoms with van der Waals surface area (Å²) in [5.74, 6) is 0.924. The molecule has 0 aromatic heterocycles. The van der Waals surface area contributed by atoms with Gasteiger partial charge in [-0.15, -0.1) is 0 Å². The van der Waals surface area contributed by atoms with E-state index in [1.807, 2.05) is 0 Å². The van der Waals surface area contributed by atoms with Crippen LogP contribution in [0.25, 0.3) is 0 Å². The molecule has 11 heavy (non-hydrogen) atoms. The standard InChI is InChI=1S/C11H16/c1-9-6-7-10-4-2-3-5-11(10)8-9/h6,8,10H,2-5,7H2,1H3. The summed E-state index contributed by atoms with van der Waals surface area (Å²) in [6.07, 6.45) is 11.8. The summed E-state index contributed by atoms with van der Waals surface area (Å²) in [4.78, 5) is 0. The lowest BCUT2D eigenvalue weighted by atomic mass is 9.79. The van der Waals surface area contributed by atoms with Gasteiger partial charge in [-0.1, -0.05) is 29.7 Å². The van der Waals surface area contributed by atoms with Crippen molar-refractivity contribution in [3.63, 3.8) is 0 Å². The molecule has 1 fully saturated rings. The van der Waals surface area contributed by atoms with Crippen LogP contribution in [0, 0.1) is 5.92 Å². The Morgan fingerprint density at radius 3 is 3.18 bits per heavy atom. The van der Waals surface area contributed by atoms with Gasteiger partial charge < -0.3 is 0 Å².